The molecular formula is C17H19F2N. The molecule has 2 aromatic rings. The fraction of sp³-hybridized carbons (Fsp3) is 0.294. The third kappa shape index (κ3) is 2.73. The monoisotopic (exact) mass is 275 g/mol. The molecule has 0 fully saturated rings. The fourth-order valence-corrected chi connectivity index (χ4v) is 2.86. The Morgan fingerprint density at radius 2 is 1.45 bits per heavy atom. The lowest BCUT2D eigenvalue weighted by Gasteiger charge is -2.34. The highest BCUT2D eigenvalue weighted by Crippen LogP contribution is 2.39. The van der Waals surface area contributed by atoms with Gasteiger partial charge in [-0.25, -0.2) is 8.78 Å². The Morgan fingerprint density at radius 1 is 0.950 bits per heavy atom. The molecule has 2 N–H and O–H groups in total. The highest BCUT2D eigenvalue weighted by Gasteiger charge is 2.32. The zero-order valence-corrected chi connectivity index (χ0v) is 11.6. The van der Waals surface area contributed by atoms with Gasteiger partial charge in [0.25, 0.3) is 0 Å². The van der Waals surface area contributed by atoms with E-state index in [4.69, 9.17) is 5.73 Å². The van der Waals surface area contributed by atoms with E-state index in [1.54, 1.807) is 12.1 Å². The third-order valence-electron chi connectivity index (χ3n) is 3.93. The summed E-state index contributed by atoms with van der Waals surface area (Å²) < 4.78 is 27.1. The minimum atomic E-state index is -0.445. The molecule has 0 amide bonds. The second-order valence-electron chi connectivity index (χ2n) is 5.00. The SMILES string of the molecule is CCC(CCN)(c1cccc(F)c1)c1cccc(F)c1. The number of rotatable bonds is 5. The van der Waals surface area contributed by atoms with Crippen LogP contribution in [-0.2, 0) is 5.41 Å². The number of hydrogen-bond donors (Lipinski definition) is 1. The van der Waals surface area contributed by atoms with Crippen LogP contribution < -0.4 is 5.73 Å². The number of hydrogen-bond acceptors (Lipinski definition) is 1. The van der Waals surface area contributed by atoms with Crippen LogP contribution >= 0.6 is 0 Å². The zero-order chi connectivity index (χ0) is 14.6. The van der Waals surface area contributed by atoms with Gasteiger partial charge in [0.05, 0.1) is 0 Å². The molecule has 0 heterocycles. The lowest BCUT2D eigenvalue weighted by molar-refractivity contribution is 0.456. The summed E-state index contributed by atoms with van der Waals surface area (Å²) in [6, 6.07) is 13.0. The lowest BCUT2D eigenvalue weighted by atomic mass is 9.70. The maximum atomic E-state index is 13.6. The lowest BCUT2D eigenvalue weighted by Crippen LogP contribution is -2.30. The van der Waals surface area contributed by atoms with E-state index >= 15 is 0 Å². The number of nitrogens with two attached hydrogens (primary N) is 1. The van der Waals surface area contributed by atoms with Crippen molar-refractivity contribution < 1.29 is 8.78 Å². The Bertz CT molecular complexity index is 535. The van der Waals surface area contributed by atoms with E-state index in [9.17, 15) is 8.78 Å². The first-order valence-corrected chi connectivity index (χ1v) is 6.84. The van der Waals surface area contributed by atoms with Crippen LogP contribution in [0.15, 0.2) is 48.5 Å². The maximum Gasteiger partial charge on any atom is 0.123 e. The summed E-state index contributed by atoms with van der Waals surface area (Å²) in [5.41, 5.74) is 7.00. The first-order valence-electron chi connectivity index (χ1n) is 6.84. The Kier molecular flexibility index (Phi) is 4.50. The minimum absolute atomic E-state index is 0.284. The smallest absolute Gasteiger partial charge is 0.123 e. The normalized spacial score (nSPS) is 11.6. The summed E-state index contributed by atoms with van der Waals surface area (Å²) in [7, 11) is 0. The minimum Gasteiger partial charge on any atom is -0.330 e. The van der Waals surface area contributed by atoms with Gasteiger partial charge >= 0.3 is 0 Å². The maximum absolute atomic E-state index is 13.6. The molecule has 2 aromatic carbocycles. The highest BCUT2D eigenvalue weighted by atomic mass is 19.1. The van der Waals surface area contributed by atoms with Gasteiger partial charge in [0.15, 0.2) is 0 Å². The van der Waals surface area contributed by atoms with E-state index < -0.39 is 5.41 Å². The van der Waals surface area contributed by atoms with Gasteiger partial charge in [0.1, 0.15) is 11.6 Å². The van der Waals surface area contributed by atoms with Crippen LogP contribution in [0.3, 0.4) is 0 Å². The van der Waals surface area contributed by atoms with Gasteiger partial charge in [-0.2, -0.15) is 0 Å². The van der Waals surface area contributed by atoms with E-state index in [1.807, 2.05) is 19.1 Å². The molecule has 0 radical (unpaired) electrons. The van der Waals surface area contributed by atoms with Gasteiger partial charge in [0.2, 0.25) is 0 Å². The van der Waals surface area contributed by atoms with Crippen molar-refractivity contribution in [1.29, 1.82) is 0 Å². The Balaban J connectivity index is 2.61. The molecule has 0 aliphatic heterocycles. The van der Waals surface area contributed by atoms with Gasteiger partial charge in [0, 0.05) is 5.41 Å². The molecule has 0 saturated heterocycles. The van der Waals surface area contributed by atoms with Gasteiger partial charge in [-0.3, -0.25) is 0 Å². The van der Waals surface area contributed by atoms with E-state index in [1.165, 1.54) is 24.3 Å². The molecule has 0 unspecified atom stereocenters. The third-order valence-corrected chi connectivity index (χ3v) is 3.93. The Morgan fingerprint density at radius 3 is 1.80 bits per heavy atom. The fourth-order valence-electron chi connectivity index (χ4n) is 2.86. The van der Waals surface area contributed by atoms with Crippen molar-refractivity contribution in [2.45, 2.75) is 25.2 Å². The molecule has 0 aromatic heterocycles. The first kappa shape index (κ1) is 14.7. The van der Waals surface area contributed by atoms with E-state index in [0.29, 0.717) is 13.0 Å². The summed E-state index contributed by atoms with van der Waals surface area (Å²) in [6.07, 6.45) is 1.38. The van der Waals surface area contributed by atoms with E-state index in [2.05, 4.69) is 0 Å². The summed E-state index contributed by atoms with van der Waals surface area (Å²) >= 11 is 0. The average molecular weight is 275 g/mol. The van der Waals surface area contributed by atoms with Crippen LogP contribution in [0.2, 0.25) is 0 Å². The number of benzene rings is 2. The van der Waals surface area contributed by atoms with Crippen LogP contribution in [0.25, 0.3) is 0 Å². The highest BCUT2D eigenvalue weighted by molar-refractivity contribution is 5.39. The van der Waals surface area contributed by atoms with Gasteiger partial charge in [-0.05, 0) is 54.8 Å². The molecule has 2 rings (SSSR count). The summed E-state index contributed by atoms with van der Waals surface area (Å²) in [5, 5.41) is 0. The summed E-state index contributed by atoms with van der Waals surface area (Å²) in [6.45, 7) is 2.48. The zero-order valence-electron chi connectivity index (χ0n) is 11.6. The molecule has 106 valence electrons. The standard InChI is InChI=1S/C17H19F2N/c1-2-17(9-10-20,13-5-3-7-15(18)11-13)14-6-4-8-16(19)12-14/h3-8,11-12H,2,9-10,20H2,1H3. The second-order valence-corrected chi connectivity index (χ2v) is 5.00. The van der Waals surface area contributed by atoms with Crippen LogP contribution in [-0.4, -0.2) is 6.54 Å². The van der Waals surface area contributed by atoms with Gasteiger partial charge in [-0.1, -0.05) is 31.2 Å². The van der Waals surface area contributed by atoms with Crippen molar-refractivity contribution in [2.24, 2.45) is 5.73 Å². The molecule has 20 heavy (non-hydrogen) atoms. The first-order chi connectivity index (χ1) is 9.62. The van der Waals surface area contributed by atoms with Crippen LogP contribution in [0.1, 0.15) is 30.9 Å². The largest absolute Gasteiger partial charge is 0.330 e. The Labute approximate surface area is 118 Å². The van der Waals surface area contributed by atoms with Crippen molar-refractivity contribution in [1.82, 2.24) is 0 Å². The summed E-state index contributed by atoms with van der Waals surface area (Å²) in [5.74, 6) is -0.567. The van der Waals surface area contributed by atoms with Crippen molar-refractivity contribution in [2.75, 3.05) is 6.54 Å². The molecule has 0 spiro atoms. The molecule has 1 nitrogen and oxygen atoms in total. The molecule has 0 aliphatic carbocycles. The second kappa shape index (κ2) is 6.14. The number of halogens is 2. The molecule has 0 saturated carbocycles. The van der Waals surface area contributed by atoms with Crippen molar-refractivity contribution in [3.05, 3.63) is 71.3 Å². The average Bonchev–Trinajstić information content (AvgIpc) is 2.45. The van der Waals surface area contributed by atoms with Crippen LogP contribution in [0.5, 0.6) is 0 Å². The molecule has 0 bridgehead atoms. The van der Waals surface area contributed by atoms with Crippen LogP contribution in [0.4, 0.5) is 8.78 Å². The van der Waals surface area contributed by atoms with Crippen molar-refractivity contribution >= 4 is 0 Å². The van der Waals surface area contributed by atoms with Gasteiger partial charge < -0.3 is 5.73 Å². The van der Waals surface area contributed by atoms with Crippen molar-refractivity contribution in [3.8, 4) is 0 Å². The van der Waals surface area contributed by atoms with Crippen molar-refractivity contribution in [3.63, 3.8) is 0 Å². The predicted octanol–water partition coefficient (Wildman–Crippen LogP) is 4.01. The molecule has 3 heteroatoms. The van der Waals surface area contributed by atoms with Crippen LogP contribution in [0, 0.1) is 11.6 Å². The van der Waals surface area contributed by atoms with Gasteiger partial charge in [-0.15, -0.1) is 0 Å². The van der Waals surface area contributed by atoms with E-state index in [-0.39, 0.29) is 11.6 Å². The quantitative estimate of drug-likeness (QED) is 0.876. The Hall–Kier alpha value is -1.74. The molecular weight excluding hydrogens is 256 g/mol. The topological polar surface area (TPSA) is 26.0 Å². The van der Waals surface area contributed by atoms with E-state index in [0.717, 1.165) is 17.5 Å². The molecule has 0 atom stereocenters. The predicted molar refractivity (Wildman–Crippen MR) is 77.5 cm³/mol. The summed E-state index contributed by atoms with van der Waals surface area (Å²) in [4.78, 5) is 0. The molecule has 0 aliphatic rings.